The van der Waals surface area contributed by atoms with Gasteiger partial charge in [0.25, 0.3) is 0 Å². The summed E-state index contributed by atoms with van der Waals surface area (Å²) in [7, 11) is 0. The molecule has 0 spiro atoms. The number of thiophene rings is 1. The van der Waals surface area contributed by atoms with Gasteiger partial charge in [0, 0.05) is 42.8 Å². The fraction of sp³-hybridized carbons (Fsp3) is 0.0400. The quantitative estimate of drug-likeness (QED) is 0.182. The van der Waals surface area contributed by atoms with Gasteiger partial charge in [-0.05, 0) is 71.1 Å². The summed E-state index contributed by atoms with van der Waals surface area (Å²) >= 11 is 1.75. The van der Waals surface area contributed by atoms with Crippen molar-refractivity contribution in [3.8, 4) is 28.3 Å². The van der Waals surface area contributed by atoms with E-state index in [2.05, 4.69) is 162 Å². The third-order valence-corrected chi connectivity index (χ3v) is 12.4. The topological polar surface area (TPSA) is 43.9 Å². The SMILES string of the molecule is C1=CC(c2ccc3c(c2)c2c4ccccc4ccc2n3-c2cccc3c2oc2cccc(-c4nc(-c5ccccc5)c5sc6ccccc6c5n4)c23)=CCC1. The van der Waals surface area contributed by atoms with Gasteiger partial charge in [-0.25, -0.2) is 9.97 Å². The molecule has 0 unspecified atom stereocenters. The van der Waals surface area contributed by atoms with Crippen LogP contribution in [0.5, 0.6) is 0 Å². The van der Waals surface area contributed by atoms with Crippen molar-refractivity contribution in [3.63, 3.8) is 0 Å². The smallest absolute Gasteiger partial charge is 0.161 e. The van der Waals surface area contributed by atoms with E-state index in [1.165, 1.54) is 37.4 Å². The normalized spacial score (nSPS) is 13.3. The second-order valence-corrected chi connectivity index (χ2v) is 15.4. The van der Waals surface area contributed by atoms with E-state index in [0.29, 0.717) is 5.82 Å². The lowest BCUT2D eigenvalue weighted by atomic mass is 9.97. The average Bonchev–Trinajstić information content (AvgIpc) is 3.93. The Morgan fingerprint density at radius 1 is 0.600 bits per heavy atom. The molecule has 1 aliphatic carbocycles. The highest BCUT2D eigenvalue weighted by Crippen LogP contribution is 2.45. The van der Waals surface area contributed by atoms with Crippen molar-refractivity contribution >= 4 is 91.7 Å². The molecule has 5 heteroatoms. The summed E-state index contributed by atoms with van der Waals surface area (Å²) in [4.78, 5) is 10.7. The molecular formula is C50H31N3OS. The fourth-order valence-electron chi connectivity index (χ4n) is 8.76. The first-order valence-corrected chi connectivity index (χ1v) is 19.6. The first kappa shape index (κ1) is 30.6. The van der Waals surface area contributed by atoms with Gasteiger partial charge in [-0.15, -0.1) is 11.3 Å². The average molecular weight is 722 g/mol. The Bertz CT molecular complexity index is 3440. The van der Waals surface area contributed by atoms with Crippen molar-refractivity contribution in [3.05, 3.63) is 169 Å². The molecule has 0 bridgehead atoms. The largest absolute Gasteiger partial charge is 0.454 e. The summed E-state index contributed by atoms with van der Waals surface area (Å²) in [6, 6.07) is 51.9. The van der Waals surface area contributed by atoms with Crippen LogP contribution in [0.1, 0.15) is 18.4 Å². The summed E-state index contributed by atoms with van der Waals surface area (Å²) in [6.45, 7) is 0. The molecule has 4 heterocycles. The molecule has 258 valence electrons. The molecule has 4 aromatic heterocycles. The van der Waals surface area contributed by atoms with E-state index >= 15 is 0 Å². The molecule has 0 saturated carbocycles. The lowest BCUT2D eigenvalue weighted by molar-refractivity contribution is 0.666. The van der Waals surface area contributed by atoms with Gasteiger partial charge in [0.05, 0.1) is 32.6 Å². The van der Waals surface area contributed by atoms with Gasteiger partial charge >= 0.3 is 0 Å². The van der Waals surface area contributed by atoms with Crippen molar-refractivity contribution in [1.82, 2.24) is 14.5 Å². The summed E-state index contributed by atoms with van der Waals surface area (Å²) in [5.41, 5.74) is 11.4. The number of rotatable bonds is 4. The maximum absolute atomic E-state index is 6.94. The second-order valence-electron chi connectivity index (χ2n) is 14.4. The highest BCUT2D eigenvalue weighted by molar-refractivity contribution is 7.26. The number of allylic oxidation sites excluding steroid dienone is 4. The predicted octanol–water partition coefficient (Wildman–Crippen LogP) is 14.1. The molecule has 1 aliphatic rings. The maximum atomic E-state index is 6.94. The van der Waals surface area contributed by atoms with Crippen LogP contribution in [0.3, 0.4) is 0 Å². The maximum Gasteiger partial charge on any atom is 0.161 e. The number of para-hydroxylation sites is 1. The molecule has 11 aromatic rings. The van der Waals surface area contributed by atoms with E-state index in [-0.39, 0.29) is 0 Å². The van der Waals surface area contributed by atoms with Crippen LogP contribution in [0.4, 0.5) is 0 Å². The molecule has 0 N–H and O–H groups in total. The number of nitrogens with zero attached hydrogens (tertiary/aromatic N) is 3. The zero-order chi connectivity index (χ0) is 36.0. The number of fused-ring (bicyclic) bond motifs is 11. The Labute approximate surface area is 319 Å². The van der Waals surface area contributed by atoms with E-state index in [4.69, 9.17) is 14.4 Å². The number of aromatic nitrogens is 3. The van der Waals surface area contributed by atoms with Crippen LogP contribution in [-0.4, -0.2) is 14.5 Å². The number of benzene rings is 7. The van der Waals surface area contributed by atoms with Gasteiger partial charge in [-0.1, -0.05) is 127 Å². The van der Waals surface area contributed by atoms with Gasteiger partial charge in [0.2, 0.25) is 0 Å². The predicted molar refractivity (Wildman–Crippen MR) is 231 cm³/mol. The van der Waals surface area contributed by atoms with Crippen molar-refractivity contribution in [1.29, 1.82) is 0 Å². The molecule has 7 aromatic carbocycles. The Balaban J connectivity index is 1.13. The monoisotopic (exact) mass is 721 g/mol. The summed E-state index contributed by atoms with van der Waals surface area (Å²) in [5, 5.41) is 8.16. The minimum atomic E-state index is 0.690. The van der Waals surface area contributed by atoms with Gasteiger partial charge < -0.3 is 8.98 Å². The van der Waals surface area contributed by atoms with Crippen LogP contribution in [0.25, 0.3) is 109 Å². The van der Waals surface area contributed by atoms with Crippen molar-refractivity contribution < 1.29 is 4.42 Å². The van der Waals surface area contributed by atoms with Crippen LogP contribution in [-0.2, 0) is 0 Å². The Morgan fingerprint density at radius 2 is 1.42 bits per heavy atom. The van der Waals surface area contributed by atoms with Gasteiger partial charge in [0.1, 0.15) is 5.58 Å². The van der Waals surface area contributed by atoms with Crippen molar-refractivity contribution in [2.75, 3.05) is 0 Å². The van der Waals surface area contributed by atoms with E-state index in [0.717, 1.165) is 83.9 Å². The Kier molecular flexibility index (Phi) is 6.59. The molecule has 0 amide bonds. The molecule has 55 heavy (non-hydrogen) atoms. The minimum absolute atomic E-state index is 0.690. The summed E-state index contributed by atoms with van der Waals surface area (Å²) < 4.78 is 11.6. The second kappa shape index (κ2) is 11.8. The summed E-state index contributed by atoms with van der Waals surface area (Å²) in [6.07, 6.45) is 9.07. The zero-order valence-electron chi connectivity index (χ0n) is 29.7. The molecular weight excluding hydrogens is 691 g/mol. The van der Waals surface area contributed by atoms with Crippen molar-refractivity contribution in [2.45, 2.75) is 12.8 Å². The Morgan fingerprint density at radius 3 is 2.33 bits per heavy atom. The molecule has 0 radical (unpaired) electrons. The third-order valence-electron chi connectivity index (χ3n) is 11.2. The fourth-order valence-corrected chi connectivity index (χ4v) is 9.91. The molecule has 4 nitrogen and oxygen atoms in total. The van der Waals surface area contributed by atoms with Crippen LogP contribution < -0.4 is 0 Å². The van der Waals surface area contributed by atoms with E-state index < -0.39 is 0 Å². The minimum Gasteiger partial charge on any atom is -0.454 e. The van der Waals surface area contributed by atoms with Gasteiger partial charge in [0.15, 0.2) is 11.4 Å². The highest BCUT2D eigenvalue weighted by Gasteiger charge is 2.23. The summed E-state index contributed by atoms with van der Waals surface area (Å²) in [5.74, 6) is 0.690. The standard InChI is InChI=1S/C50H31N3OS/c1-3-13-30(14-4-1)33-26-27-39-38(29-33)44-34-18-8-7-15-31(34)25-28-40(44)53(39)41-22-11-20-36-45-37(21-12-23-42(45)54-48(36)41)50-51-46(32-16-5-2-6-17-32)49-47(52-50)35-19-9-10-24-43(35)55-49/h2-3,5-29H,1,4H2. The number of furan rings is 1. The Hall–Kier alpha value is -6.82. The highest BCUT2D eigenvalue weighted by atomic mass is 32.1. The molecule has 0 atom stereocenters. The molecule has 12 rings (SSSR count). The van der Waals surface area contributed by atoms with Crippen LogP contribution in [0.2, 0.25) is 0 Å². The first-order chi connectivity index (χ1) is 27.3. The van der Waals surface area contributed by atoms with Gasteiger partial charge in [-0.2, -0.15) is 0 Å². The van der Waals surface area contributed by atoms with Gasteiger partial charge in [-0.3, -0.25) is 0 Å². The number of hydrogen-bond acceptors (Lipinski definition) is 4. The van der Waals surface area contributed by atoms with Crippen LogP contribution >= 0.6 is 11.3 Å². The van der Waals surface area contributed by atoms with Crippen molar-refractivity contribution in [2.24, 2.45) is 0 Å². The number of hydrogen-bond donors (Lipinski definition) is 0. The zero-order valence-corrected chi connectivity index (χ0v) is 30.5. The lowest BCUT2D eigenvalue weighted by Gasteiger charge is -2.10. The third kappa shape index (κ3) is 4.57. The van der Waals surface area contributed by atoms with E-state index in [1.807, 2.05) is 6.07 Å². The molecule has 0 fully saturated rings. The molecule has 0 aliphatic heterocycles. The first-order valence-electron chi connectivity index (χ1n) is 18.8. The van der Waals surface area contributed by atoms with Crippen LogP contribution in [0.15, 0.2) is 168 Å². The van der Waals surface area contributed by atoms with Crippen LogP contribution in [0, 0.1) is 0 Å². The molecule has 0 saturated heterocycles. The van der Waals surface area contributed by atoms with E-state index in [9.17, 15) is 0 Å². The van der Waals surface area contributed by atoms with E-state index in [1.54, 1.807) is 11.3 Å². The lowest BCUT2D eigenvalue weighted by Crippen LogP contribution is -1.95.